The highest BCUT2D eigenvalue weighted by Gasteiger charge is 2.07. The van der Waals surface area contributed by atoms with E-state index in [-0.39, 0.29) is 5.54 Å². The van der Waals surface area contributed by atoms with Crippen molar-refractivity contribution >= 4 is 0 Å². The van der Waals surface area contributed by atoms with E-state index in [1.54, 1.807) is 7.11 Å². The number of nitrogens with zero attached hydrogens (tertiary/aromatic N) is 1. The molecule has 1 N–H and O–H groups in total. The van der Waals surface area contributed by atoms with Crippen LogP contribution in [0.4, 0.5) is 0 Å². The molecule has 17 heavy (non-hydrogen) atoms. The lowest BCUT2D eigenvalue weighted by molar-refractivity contribution is 0.153. The third kappa shape index (κ3) is 11.9. The first-order chi connectivity index (χ1) is 7.99. The van der Waals surface area contributed by atoms with Crippen LogP contribution in [0.25, 0.3) is 0 Å². The van der Waals surface area contributed by atoms with E-state index in [4.69, 9.17) is 4.74 Å². The molecule has 0 unspecified atom stereocenters. The van der Waals surface area contributed by atoms with Crippen molar-refractivity contribution in [1.29, 1.82) is 0 Å². The van der Waals surface area contributed by atoms with Crippen molar-refractivity contribution in [2.45, 2.75) is 39.2 Å². The lowest BCUT2D eigenvalue weighted by Crippen LogP contribution is -2.36. The summed E-state index contributed by atoms with van der Waals surface area (Å²) >= 11 is 0. The summed E-state index contributed by atoms with van der Waals surface area (Å²) in [6.45, 7) is 15.4. The predicted molar refractivity (Wildman–Crippen MR) is 75.5 cm³/mol. The lowest BCUT2D eigenvalue weighted by Gasteiger charge is -2.22. The average molecular weight is 242 g/mol. The third-order valence-corrected chi connectivity index (χ3v) is 2.56. The van der Waals surface area contributed by atoms with Crippen molar-refractivity contribution in [3.8, 4) is 0 Å². The molecule has 0 aliphatic rings. The molecule has 0 amide bonds. The number of nitrogens with one attached hydrogen (secondary N) is 1. The van der Waals surface area contributed by atoms with Crippen LogP contribution in [0.3, 0.4) is 0 Å². The number of hydrogen-bond acceptors (Lipinski definition) is 3. The summed E-state index contributed by atoms with van der Waals surface area (Å²) in [5.41, 5.74) is 0.233. The van der Waals surface area contributed by atoms with E-state index in [1.807, 2.05) is 6.08 Å². The van der Waals surface area contributed by atoms with Gasteiger partial charge in [0, 0.05) is 25.7 Å². The molecular weight excluding hydrogens is 212 g/mol. The van der Waals surface area contributed by atoms with Gasteiger partial charge >= 0.3 is 0 Å². The van der Waals surface area contributed by atoms with Gasteiger partial charge in [0.25, 0.3) is 0 Å². The van der Waals surface area contributed by atoms with Gasteiger partial charge in [0.15, 0.2) is 0 Å². The van der Waals surface area contributed by atoms with Crippen LogP contribution in [-0.4, -0.2) is 50.3 Å². The van der Waals surface area contributed by atoms with Crippen molar-refractivity contribution < 1.29 is 4.74 Å². The summed E-state index contributed by atoms with van der Waals surface area (Å²) < 4.78 is 5.10. The Morgan fingerprint density at radius 3 is 2.47 bits per heavy atom. The minimum atomic E-state index is 0.233. The maximum absolute atomic E-state index is 5.10. The zero-order valence-corrected chi connectivity index (χ0v) is 12.1. The summed E-state index contributed by atoms with van der Waals surface area (Å²) in [5, 5.41) is 3.51. The number of hydrogen-bond donors (Lipinski definition) is 1. The SMILES string of the molecule is C=CCN(CCCCNC(C)(C)C)CCOC. The standard InChI is InChI=1S/C14H30N2O/c1-6-10-16(12-13-17-5)11-8-7-9-15-14(2,3)4/h6,15H,1,7-13H2,2-5H3. The van der Waals surface area contributed by atoms with Gasteiger partial charge in [-0.2, -0.15) is 0 Å². The molecule has 0 aromatic carbocycles. The largest absolute Gasteiger partial charge is 0.383 e. The second-order valence-electron chi connectivity index (χ2n) is 5.47. The molecular formula is C14H30N2O. The van der Waals surface area contributed by atoms with Gasteiger partial charge in [-0.1, -0.05) is 6.08 Å². The van der Waals surface area contributed by atoms with E-state index in [9.17, 15) is 0 Å². The van der Waals surface area contributed by atoms with E-state index < -0.39 is 0 Å². The Morgan fingerprint density at radius 1 is 1.24 bits per heavy atom. The number of methoxy groups -OCH3 is 1. The molecule has 0 rings (SSSR count). The van der Waals surface area contributed by atoms with Gasteiger partial charge in [0.2, 0.25) is 0 Å². The molecule has 0 aromatic rings. The first kappa shape index (κ1) is 16.6. The summed E-state index contributed by atoms with van der Waals surface area (Å²) in [7, 11) is 1.75. The highest BCUT2D eigenvalue weighted by Crippen LogP contribution is 2.00. The average Bonchev–Trinajstić information content (AvgIpc) is 2.23. The molecule has 3 heteroatoms. The van der Waals surface area contributed by atoms with Crippen LogP contribution in [0.2, 0.25) is 0 Å². The number of rotatable bonds is 10. The van der Waals surface area contributed by atoms with Crippen molar-refractivity contribution in [2.75, 3.05) is 39.9 Å². The number of ether oxygens (including phenoxy) is 1. The summed E-state index contributed by atoms with van der Waals surface area (Å²) in [6, 6.07) is 0. The van der Waals surface area contributed by atoms with Gasteiger partial charge in [0.05, 0.1) is 6.61 Å². The topological polar surface area (TPSA) is 24.5 Å². The molecule has 0 saturated heterocycles. The Morgan fingerprint density at radius 2 is 1.94 bits per heavy atom. The Kier molecular flexibility index (Phi) is 9.41. The Labute approximate surface area is 107 Å². The van der Waals surface area contributed by atoms with Crippen LogP contribution in [-0.2, 0) is 4.74 Å². The Hall–Kier alpha value is -0.380. The van der Waals surface area contributed by atoms with Gasteiger partial charge in [-0.25, -0.2) is 0 Å². The highest BCUT2D eigenvalue weighted by molar-refractivity contribution is 4.74. The van der Waals surface area contributed by atoms with E-state index >= 15 is 0 Å². The zero-order chi connectivity index (χ0) is 13.1. The van der Waals surface area contributed by atoms with Gasteiger partial charge in [-0.3, -0.25) is 4.90 Å². The number of unbranched alkanes of at least 4 members (excludes halogenated alkanes) is 1. The van der Waals surface area contributed by atoms with Crippen LogP contribution in [0.15, 0.2) is 12.7 Å². The molecule has 102 valence electrons. The molecule has 0 radical (unpaired) electrons. The van der Waals surface area contributed by atoms with Crippen LogP contribution >= 0.6 is 0 Å². The van der Waals surface area contributed by atoms with Crippen LogP contribution in [0.5, 0.6) is 0 Å². The summed E-state index contributed by atoms with van der Waals surface area (Å²) in [6.07, 6.45) is 4.40. The van der Waals surface area contributed by atoms with E-state index in [0.29, 0.717) is 0 Å². The molecule has 0 spiro atoms. The van der Waals surface area contributed by atoms with Crippen molar-refractivity contribution in [1.82, 2.24) is 10.2 Å². The monoisotopic (exact) mass is 242 g/mol. The Balaban J connectivity index is 3.56. The summed E-state index contributed by atoms with van der Waals surface area (Å²) in [4.78, 5) is 2.38. The Bertz CT molecular complexity index is 187. The first-order valence-electron chi connectivity index (χ1n) is 6.57. The van der Waals surface area contributed by atoms with E-state index in [1.165, 1.54) is 12.8 Å². The molecule has 3 nitrogen and oxygen atoms in total. The fraction of sp³-hybridized carbons (Fsp3) is 0.857. The minimum Gasteiger partial charge on any atom is -0.383 e. The highest BCUT2D eigenvalue weighted by atomic mass is 16.5. The second-order valence-corrected chi connectivity index (χ2v) is 5.47. The molecule has 0 aromatic heterocycles. The van der Waals surface area contributed by atoms with Gasteiger partial charge in [-0.05, 0) is 46.7 Å². The lowest BCUT2D eigenvalue weighted by atomic mass is 10.1. The van der Waals surface area contributed by atoms with E-state index in [2.05, 4.69) is 37.6 Å². The maximum atomic E-state index is 5.10. The molecule has 0 saturated carbocycles. The molecule has 0 heterocycles. The fourth-order valence-electron chi connectivity index (χ4n) is 1.62. The normalized spacial score (nSPS) is 12.1. The van der Waals surface area contributed by atoms with Crippen molar-refractivity contribution in [3.05, 3.63) is 12.7 Å². The van der Waals surface area contributed by atoms with Crippen LogP contribution in [0.1, 0.15) is 33.6 Å². The van der Waals surface area contributed by atoms with Gasteiger partial charge < -0.3 is 10.1 Å². The zero-order valence-electron chi connectivity index (χ0n) is 12.1. The first-order valence-corrected chi connectivity index (χ1v) is 6.57. The van der Waals surface area contributed by atoms with Crippen molar-refractivity contribution in [2.24, 2.45) is 0 Å². The molecule has 0 aliphatic carbocycles. The molecule has 0 atom stereocenters. The predicted octanol–water partition coefficient (Wildman–Crippen LogP) is 2.29. The quantitative estimate of drug-likeness (QED) is 0.470. The molecule has 0 fully saturated rings. The van der Waals surface area contributed by atoms with Gasteiger partial charge in [-0.15, -0.1) is 6.58 Å². The molecule has 0 aliphatic heterocycles. The summed E-state index contributed by atoms with van der Waals surface area (Å²) in [5.74, 6) is 0. The molecule has 0 bridgehead atoms. The van der Waals surface area contributed by atoms with Crippen LogP contribution in [0, 0.1) is 0 Å². The van der Waals surface area contributed by atoms with Gasteiger partial charge in [0.1, 0.15) is 0 Å². The van der Waals surface area contributed by atoms with Crippen molar-refractivity contribution in [3.63, 3.8) is 0 Å². The smallest absolute Gasteiger partial charge is 0.0589 e. The fourth-order valence-corrected chi connectivity index (χ4v) is 1.62. The van der Waals surface area contributed by atoms with Crippen LogP contribution < -0.4 is 5.32 Å². The minimum absolute atomic E-state index is 0.233. The second kappa shape index (κ2) is 9.63. The maximum Gasteiger partial charge on any atom is 0.0589 e. The van der Waals surface area contributed by atoms with E-state index in [0.717, 1.165) is 32.8 Å². The third-order valence-electron chi connectivity index (χ3n) is 2.56.